The molecule has 3 heteroatoms. The van der Waals surface area contributed by atoms with Crippen molar-refractivity contribution in [3.8, 4) is 0 Å². The van der Waals surface area contributed by atoms with Crippen LogP contribution < -0.4 is 5.32 Å². The van der Waals surface area contributed by atoms with Gasteiger partial charge in [0.1, 0.15) is 0 Å². The van der Waals surface area contributed by atoms with E-state index in [9.17, 15) is 0 Å². The maximum Gasteiger partial charge on any atom is 0.0281 e. The summed E-state index contributed by atoms with van der Waals surface area (Å²) >= 11 is 3.91. The lowest BCUT2D eigenvalue weighted by atomic mass is 9.84. The highest BCUT2D eigenvalue weighted by atomic mass is 32.2. The van der Waals surface area contributed by atoms with Crippen LogP contribution >= 0.6 is 23.1 Å². The molecule has 1 nitrogen and oxygen atoms in total. The van der Waals surface area contributed by atoms with E-state index in [-0.39, 0.29) is 0 Å². The molecule has 1 fully saturated rings. The second-order valence-electron chi connectivity index (χ2n) is 4.25. The Labute approximate surface area is 101 Å². The number of nitrogens with one attached hydrogen (secondary N) is 1. The predicted octanol–water partition coefficient (Wildman–Crippen LogP) is 3.17. The standard InChI is InChI=1S/C12H19NS2/c1-14-12(6-3-7-12)10-13-8-5-11-4-2-9-15-11/h2,4,9,13H,3,5-8,10H2,1H3. The largest absolute Gasteiger partial charge is 0.315 e. The number of rotatable bonds is 6. The minimum absolute atomic E-state index is 0.579. The molecule has 1 aliphatic carbocycles. The van der Waals surface area contributed by atoms with Crippen LogP contribution in [0.3, 0.4) is 0 Å². The summed E-state index contributed by atoms with van der Waals surface area (Å²) in [4.78, 5) is 1.49. The topological polar surface area (TPSA) is 12.0 Å². The Balaban J connectivity index is 1.62. The maximum absolute atomic E-state index is 3.60. The Kier molecular flexibility index (Phi) is 4.12. The lowest BCUT2D eigenvalue weighted by molar-refractivity contribution is 0.347. The lowest BCUT2D eigenvalue weighted by Crippen LogP contribution is -2.43. The summed E-state index contributed by atoms with van der Waals surface area (Å²) in [5, 5.41) is 5.76. The van der Waals surface area contributed by atoms with E-state index in [4.69, 9.17) is 0 Å². The first-order chi connectivity index (χ1) is 7.35. The zero-order valence-corrected chi connectivity index (χ0v) is 10.9. The molecule has 0 radical (unpaired) electrons. The molecule has 0 unspecified atom stereocenters. The maximum atomic E-state index is 3.60. The van der Waals surface area contributed by atoms with E-state index in [0.29, 0.717) is 4.75 Å². The van der Waals surface area contributed by atoms with Gasteiger partial charge in [-0.3, -0.25) is 0 Å². The molecule has 84 valence electrons. The first-order valence-corrected chi connectivity index (χ1v) is 7.73. The Morgan fingerprint density at radius 2 is 2.40 bits per heavy atom. The van der Waals surface area contributed by atoms with Gasteiger partial charge in [-0.1, -0.05) is 12.5 Å². The molecule has 0 spiro atoms. The molecule has 2 rings (SSSR count). The van der Waals surface area contributed by atoms with E-state index in [1.165, 1.54) is 37.1 Å². The predicted molar refractivity (Wildman–Crippen MR) is 71.0 cm³/mol. The molecule has 1 N–H and O–H groups in total. The molecule has 1 saturated carbocycles. The highest BCUT2D eigenvalue weighted by molar-refractivity contribution is 8.00. The Morgan fingerprint density at radius 1 is 1.53 bits per heavy atom. The van der Waals surface area contributed by atoms with Gasteiger partial charge in [0.05, 0.1) is 0 Å². The van der Waals surface area contributed by atoms with E-state index in [2.05, 4.69) is 29.1 Å². The molecule has 1 heterocycles. The van der Waals surface area contributed by atoms with Crippen molar-refractivity contribution in [1.29, 1.82) is 0 Å². The molecule has 0 saturated heterocycles. The molecule has 1 aromatic heterocycles. The molecule has 1 aliphatic rings. The van der Waals surface area contributed by atoms with Crippen LogP contribution in [0.5, 0.6) is 0 Å². The quantitative estimate of drug-likeness (QED) is 0.768. The molecule has 1 aromatic rings. The van der Waals surface area contributed by atoms with E-state index in [1.807, 2.05) is 23.1 Å². The fourth-order valence-electron chi connectivity index (χ4n) is 2.01. The van der Waals surface area contributed by atoms with Gasteiger partial charge in [0.25, 0.3) is 0 Å². The zero-order chi connectivity index (χ0) is 10.6. The fourth-order valence-corrected chi connectivity index (χ4v) is 3.66. The SMILES string of the molecule is CSC1(CNCCc2cccs2)CCC1. The summed E-state index contributed by atoms with van der Waals surface area (Å²) in [6, 6.07) is 4.36. The first-order valence-electron chi connectivity index (χ1n) is 5.63. The van der Waals surface area contributed by atoms with Crippen molar-refractivity contribution in [2.75, 3.05) is 19.3 Å². The van der Waals surface area contributed by atoms with Gasteiger partial charge in [0, 0.05) is 22.7 Å². The normalized spacial score (nSPS) is 18.7. The Hall–Kier alpha value is 0.01000. The van der Waals surface area contributed by atoms with Crippen LogP contribution in [0.15, 0.2) is 17.5 Å². The lowest BCUT2D eigenvalue weighted by Gasteiger charge is -2.40. The second-order valence-corrected chi connectivity index (χ2v) is 6.55. The Morgan fingerprint density at radius 3 is 2.93 bits per heavy atom. The molecule has 0 aliphatic heterocycles. The van der Waals surface area contributed by atoms with Gasteiger partial charge in [0.15, 0.2) is 0 Å². The second kappa shape index (κ2) is 5.37. The van der Waals surface area contributed by atoms with Gasteiger partial charge in [-0.05, 0) is 37.0 Å². The van der Waals surface area contributed by atoms with Crippen LogP contribution in [0.1, 0.15) is 24.1 Å². The average molecular weight is 241 g/mol. The summed E-state index contributed by atoms with van der Waals surface area (Å²) in [7, 11) is 0. The highest BCUT2D eigenvalue weighted by Gasteiger charge is 2.35. The average Bonchev–Trinajstić information content (AvgIpc) is 2.68. The van der Waals surface area contributed by atoms with E-state index in [0.717, 1.165) is 6.54 Å². The van der Waals surface area contributed by atoms with Gasteiger partial charge >= 0.3 is 0 Å². The minimum atomic E-state index is 0.579. The van der Waals surface area contributed by atoms with Crippen LogP contribution in [0.2, 0.25) is 0 Å². The molecular formula is C12H19NS2. The monoisotopic (exact) mass is 241 g/mol. The molecular weight excluding hydrogens is 222 g/mol. The molecule has 0 aromatic carbocycles. The zero-order valence-electron chi connectivity index (χ0n) is 9.29. The number of thiophene rings is 1. The summed E-state index contributed by atoms with van der Waals surface area (Å²) < 4.78 is 0.579. The first kappa shape index (κ1) is 11.5. The minimum Gasteiger partial charge on any atom is -0.315 e. The third-order valence-electron chi connectivity index (χ3n) is 3.27. The third-order valence-corrected chi connectivity index (χ3v) is 5.63. The van der Waals surface area contributed by atoms with Crippen LogP contribution in [0, 0.1) is 0 Å². The van der Waals surface area contributed by atoms with Crippen molar-refractivity contribution in [2.24, 2.45) is 0 Å². The summed E-state index contributed by atoms with van der Waals surface area (Å²) in [5.41, 5.74) is 0. The smallest absolute Gasteiger partial charge is 0.0281 e. The van der Waals surface area contributed by atoms with Crippen molar-refractivity contribution in [3.05, 3.63) is 22.4 Å². The highest BCUT2D eigenvalue weighted by Crippen LogP contribution is 2.42. The van der Waals surface area contributed by atoms with E-state index < -0.39 is 0 Å². The van der Waals surface area contributed by atoms with Crippen LogP contribution in [-0.2, 0) is 6.42 Å². The summed E-state index contributed by atoms with van der Waals surface area (Å²) in [5.74, 6) is 0. The van der Waals surface area contributed by atoms with Gasteiger partial charge in [-0.2, -0.15) is 11.8 Å². The number of hydrogen-bond acceptors (Lipinski definition) is 3. The van der Waals surface area contributed by atoms with E-state index >= 15 is 0 Å². The molecule has 0 atom stereocenters. The van der Waals surface area contributed by atoms with Gasteiger partial charge in [-0.25, -0.2) is 0 Å². The van der Waals surface area contributed by atoms with Crippen molar-refractivity contribution >= 4 is 23.1 Å². The van der Waals surface area contributed by atoms with Gasteiger partial charge in [0.2, 0.25) is 0 Å². The summed E-state index contributed by atoms with van der Waals surface area (Å²) in [6.07, 6.45) is 7.66. The number of thioether (sulfide) groups is 1. The van der Waals surface area contributed by atoms with Crippen molar-refractivity contribution < 1.29 is 0 Å². The number of hydrogen-bond donors (Lipinski definition) is 1. The third kappa shape index (κ3) is 2.99. The fraction of sp³-hybridized carbons (Fsp3) is 0.667. The molecule has 0 amide bonds. The Bertz CT molecular complexity index is 272. The van der Waals surface area contributed by atoms with Crippen molar-refractivity contribution in [2.45, 2.75) is 30.4 Å². The van der Waals surface area contributed by atoms with Gasteiger partial charge in [-0.15, -0.1) is 11.3 Å². The molecule has 15 heavy (non-hydrogen) atoms. The van der Waals surface area contributed by atoms with Crippen LogP contribution in [-0.4, -0.2) is 24.1 Å². The van der Waals surface area contributed by atoms with Gasteiger partial charge < -0.3 is 5.32 Å². The summed E-state index contributed by atoms with van der Waals surface area (Å²) in [6.45, 7) is 2.32. The molecule has 0 bridgehead atoms. The van der Waals surface area contributed by atoms with Crippen molar-refractivity contribution in [3.63, 3.8) is 0 Å². The van der Waals surface area contributed by atoms with Crippen LogP contribution in [0.25, 0.3) is 0 Å². The van der Waals surface area contributed by atoms with E-state index in [1.54, 1.807) is 0 Å². The van der Waals surface area contributed by atoms with Crippen LogP contribution in [0.4, 0.5) is 0 Å². The van der Waals surface area contributed by atoms with Crippen molar-refractivity contribution in [1.82, 2.24) is 5.32 Å².